The second-order valence-electron chi connectivity index (χ2n) is 8.76. The fourth-order valence-corrected chi connectivity index (χ4v) is 5.94. The summed E-state index contributed by atoms with van der Waals surface area (Å²) in [4.78, 5) is 2.53. The van der Waals surface area contributed by atoms with Crippen molar-refractivity contribution < 1.29 is 8.42 Å². The number of hydrogen-bond donors (Lipinski definition) is 0. The molecule has 0 aromatic heterocycles. The van der Waals surface area contributed by atoms with Crippen LogP contribution >= 0.6 is 0 Å². The van der Waals surface area contributed by atoms with Gasteiger partial charge in [0.25, 0.3) is 0 Å². The van der Waals surface area contributed by atoms with Crippen LogP contribution in [-0.4, -0.2) is 48.0 Å². The Labute approximate surface area is 159 Å². The Bertz CT molecular complexity index is 738. The van der Waals surface area contributed by atoms with Gasteiger partial charge in [-0.05, 0) is 50.2 Å². The Morgan fingerprint density at radius 3 is 2.38 bits per heavy atom. The van der Waals surface area contributed by atoms with Gasteiger partial charge in [-0.15, -0.1) is 0 Å². The third kappa shape index (κ3) is 3.71. The van der Waals surface area contributed by atoms with E-state index in [0.29, 0.717) is 19.0 Å². The van der Waals surface area contributed by atoms with Gasteiger partial charge in [-0.2, -0.15) is 4.31 Å². The van der Waals surface area contributed by atoms with Crippen LogP contribution in [0, 0.1) is 0 Å². The lowest BCUT2D eigenvalue weighted by Gasteiger charge is -2.49. The summed E-state index contributed by atoms with van der Waals surface area (Å²) in [7, 11) is -3.13. The fraction of sp³-hybridized carbons (Fsp3) is 0.714. The molecule has 2 aliphatic rings. The van der Waals surface area contributed by atoms with Crippen LogP contribution in [0.5, 0.6) is 0 Å². The fourth-order valence-electron chi connectivity index (χ4n) is 4.10. The lowest BCUT2D eigenvalue weighted by atomic mass is 9.87. The lowest BCUT2D eigenvalue weighted by Crippen LogP contribution is -2.57. The maximum Gasteiger partial charge on any atom is 0.217 e. The van der Waals surface area contributed by atoms with E-state index in [1.807, 2.05) is 0 Å². The Morgan fingerprint density at radius 1 is 1.15 bits per heavy atom. The summed E-state index contributed by atoms with van der Waals surface area (Å²) in [5.41, 5.74) is 2.67. The molecule has 1 heterocycles. The number of piperazine rings is 1. The maximum atomic E-state index is 12.9. The van der Waals surface area contributed by atoms with Crippen LogP contribution in [0.15, 0.2) is 24.3 Å². The van der Waals surface area contributed by atoms with Crippen molar-refractivity contribution in [2.24, 2.45) is 0 Å². The van der Waals surface area contributed by atoms with Crippen molar-refractivity contribution in [3.05, 3.63) is 35.4 Å². The minimum absolute atomic E-state index is 0.0458. The predicted molar refractivity (Wildman–Crippen MR) is 108 cm³/mol. The monoisotopic (exact) mass is 378 g/mol. The molecule has 0 radical (unpaired) electrons. The maximum absolute atomic E-state index is 12.9. The van der Waals surface area contributed by atoms with Gasteiger partial charge in [0.05, 0.1) is 5.25 Å². The number of rotatable bonds is 6. The molecular formula is C21H34N2O2S. The van der Waals surface area contributed by atoms with E-state index < -0.39 is 10.0 Å². The zero-order valence-electron chi connectivity index (χ0n) is 16.9. The summed E-state index contributed by atoms with van der Waals surface area (Å²) in [5.74, 6) is 0.424. The second-order valence-corrected chi connectivity index (χ2v) is 11.0. The predicted octanol–water partition coefficient (Wildman–Crippen LogP) is 4.15. The first kappa shape index (κ1) is 19.8. The minimum atomic E-state index is -3.13. The average Bonchev–Trinajstić information content (AvgIpc) is 3.46. The Kier molecular flexibility index (Phi) is 5.53. The molecule has 26 heavy (non-hydrogen) atoms. The topological polar surface area (TPSA) is 40.6 Å². The molecule has 0 amide bonds. The molecule has 1 saturated heterocycles. The summed E-state index contributed by atoms with van der Waals surface area (Å²) < 4.78 is 27.5. The molecule has 1 saturated carbocycles. The van der Waals surface area contributed by atoms with Crippen LogP contribution in [0.3, 0.4) is 0 Å². The van der Waals surface area contributed by atoms with Crippen LogP contribution in [-0.2, 0) is 10.0 Å². The Hall–Kier alpha value is -0.910. The third-order valence-corrected chi connectivity index (χ3v) is 8.63. The number of nitrogens with zero attached hydrogens (tertiary/aromatic N) is 2. The summed E-state index contributed by atoms with van der Waals surface area (Å²) in [6.45, 7) is 13.2. The molecule has 5 heteroatoms. The number of hydrogen-bond acceptors (Lipinski definition) is 3. The van der Waals surface area contributed by atoms with Crippen LogP contribution in [0.1, 0.15) is 77.0 Å². The first-order chi connectivity index (χ1) is 12.2. The van der Waals surface area contributed by atoms with Gasteiger partial charge in [-0.1, -0.05) is 45.0 Å². The van der Waals surface area contributed by atoms with E-state index in [9.17, 15) is 8.42 Å². The molecule has 4 nitrogen and oxygen atoms in total. The largest absolute Gasteiger partial charge is 0.289 e. The van der Waals surface area contributed by atoms with Crippen LogP contribution < -0.4 is 0 Å². The van der Waals surface area contributed by atoms with Crippen LogP contribution in [0.4, 0.5) is 0 Å². The molecule has 0 N–H and O–H groups in total. The zero-order valence-corrected chi connectivity index (χ0v) is 17.7. The number of sulfonamides is 1. The summed E-state index contributed by atoms with van der Waals surface area (Å²) in [5, 5.41) is -0.130. The molecule has 1 aromatic rings. The SMILES string of the molecule is CCC(C)(C)N1CCN(S(=O)(=O)C2CC2)CC1c1ccccc1C(C)C. The number of benzene rings is 1. The van der Waals surface area contributed by atoms with Gasteiger partial charge in [-0.25, -0.2) is 8.42 Å². The van der Waals surface area contributed by atoms with E-state index in [2.05, 4.69) is 63.8 Å². The highest BCUT2D eigenvalue weighted by Gasteiger charge is 2.45. The first-order valence-corrected chi connectivity index (χ1v) is 11.5. The third-order valence-electron chi connectivity index (χ3n) is 6.27. The standard InChI is InChI=1S/C21H34N2O2S/c1-6-21(4,5)23-14-13-22(26(24,25)17-11-12-17)15-20(23)19-10-8-7-9-18(19)16(2)3/h7-10,16-17,20H,6,11-15H2,1-5H3. The first-order valence-electron chi connectivity index (χ1n) is 10.0. The highest BCUT2D eigenvalue weighted by Crippen LogP contribution is 2.39. The molecule has 0 spiro atoms. The molecule has 0 bridgehead atoms. The van der Waals surface area contributed by atoms with Crippen LogP contribution in [0.25, 0.3) is 0 Å². The minimum Gasteiger partial charge on any atom is -0.289 e. The molecular weight excluding hydrogens is 344 g/mol. The highest BCUT2D eigenvalue weighted by atomic mass is 32.2. The van der Waals surface area contributed by atoms with Gasteiger partial charge < -0.3 is 0 Å². The van der Waals surface area contributed by atoms with Crippen molar-refractivity contribution in [2.75, 3.05) is 19.6 Å². The molecule has 1 aliphatic carbocycles. The van der Waals surface area contributed by atoms with Gasteiger partial charge in [-0.3, -0.25) is 4.90 Å². The van der Waals surface area contributed by atoms with Gasteiger partial charge >= 0.3 is 0 Å². The van der Waals surface area contributed by atoms with Crippen molar-refractivity contribution in [3.8, 4) is 0 Å². The van der Waals surface area contributed by atoms with Crippen molar-refractivity contribution in [2.45, 2.75) is 76.6 Å². The molecule has 1 atom stereocenters. The average molecular weight is 379 g/mol. The van der Waals surface area contributed by atoms with E-state index in [4.69, 9.17) is 0 Å². The molecule has 1 unspecified atom stereocenters. The summed E-state index contributed by atoms with van der Waals surface area (Å²) in [6, 6.07) is 8.70. The quantitative estimate of drug-likeness (QED) is 0.747. The van der Waals surface area contributed by atoms with Gasteiger partial charge in [0.1, 0.15) is 0 Å². The van der Waals surface area contributed by atoms with Crippen molar-refractivity contribution >= 4 is 10.0 Å². The van der Waals surface area contributed by atoms with E-state index in [0.717, 1.165) is 25.8 Å². The van der Waals surface area contributed by atoms with Gasteiger partial charge in [0, 0.05) is 31.2 Å². The normalized spacial score (nSPS) is 23.5. The molecule has 2 fully saturated rings. The van der Waals surface area contributed by atoms with Crippen molar-refractivity contribution in [3.63, 3.8) is 0 Å². The Morgan fingerprint density at radius 2 is 1.81 bits per heavy atom. The summed E-state index contributed by atoms with van der Waals surface area (Å²) in [6.07, 6.45) is 2.70. The Balaban J connectivity index is 2.00. The molecule has 146 valence electrons. The van der Waals surface area contributed by atoms with E-state index in [-0.39, 0.29) is 16.8 Å². The zero-order chi connectivity index (χ0) is 19.1. The molecule has 3 rings (SSSR count). The second kappa shape index (κ2) is 7.25. The lowest BCUT2D eigenvalue weighted by molar-refractivity contribution is 0.0216. The van der Waals surface area contributed by atoms with Crippen molar-refractivity contribution in [1.29, 1.82) is 0 Å². The van der Waals surface area contributed by atoms with Gasteiger partial charge in [0.2, 0.25) is 10.0 Å². The molecule has 1 aliphatic heterocycles. The van der Waals surface area contributed by atoms with Crippen molar-refractivity contribution in [1.82, 2.24) is 9.21 Å². The van der Waals surface area contributed by atoms with E-state index >= 15 is 0 Å². The summed E-state index contributed by atoms with van der Waals surface area (Å²) >= 11 is 0. The molecule has 1 aromatic carbocycles. The highest BCUT2D eigenvalue weighted by molar-refractivity contribution is 7.90. The van der Waals surface area contributed by atoms with E-state index in [1.165, 1.54) is 11.1 Å². The smallest absolute Gasteiger partial charge is 0.217 e. The van der Waals surface area contributed by atoms with E-state index in [1.54, 1.807) is 4.31 Å². The van der Waals surface area contributed by atoms with Crippen LogP contribution in [0.2, 0.25) is 0 Å². The van der Waals surface area contributed by atoms with Gasteiger partial charge in [0.15, 0.2) is 0 Å².